The Morgan fingerprint density at radius 1 is 1.36 bits per heavy atom. The normalized spacial score (nSPS) is 10.0. The first-order chi connectivity index (χ1) is 6.70. The molecule has 8 heteroatoms. The van der Waals surface area contributed by atoms with Crippen molar-refractivity contribution >= 4 is 29.1 Å². The number of carbonyl (C=O) groups excluding carboxylic acids is 1. The molecule has 0 atom stereocenters. The van der Waals surface area contributed by atoms with E-state index in [0.29, 0.717) is 0 Å². The summed E-state index contributed by atoms with van der Waals surface area (Å²) < 4.78 is 0. The number of hydrogen-bond donors (Lipinski definition) is 3. The van der Waals surface area contributed by atoms with Crippen LogP contribution < -0.4 is 11.3 Å². The summed E-state index contributed by atoms with van der Waals surface area (Å²) in [5.41, 5.74) is 5.04. The Morgan fingerprint density at radius 3 is 2.86 bits per heavy atom. The van der Waals surface area contributed by atoms with Gasteiger partial charge in [0.15, 0.2) is 11.2 Å². The summed E-state index contributed by atoms with van der Waals surface area (Å²) in [5, 5.41) is 0. The van der Waals surface area contributed by atoms with Crippen LogP contribution in [0, 0.1) is 0 Å². The number of aromatic nitrogens is 4. The lowest BCUT2D eigenvalue weighted by molar-refractivity contribution is 0.565. The van der Waals surface area contributed by atoms with E-state index in [4.69, 9.17) is 5.73 Å². The third-order valence-electron chi connectivity index (χ3n) is 1.52. The number of nitrogens with one attached hydrogen (secondary N) is 2. The molecule has 14 heavy (non-hydrogen) atoms. The minimum Gasteiger partial charge on any atom is -0.369 e. The molecule has 0 bridgehead atoms. The zero-order valence-electron chi connectivity index (χ0n) is 6.74. The molecule has 2 aromatic rings. The fourth-order valence-electron chi connectivity index (χ4n) is 1.01. The lowest BCUT2D eigenvalue weighted by Gasteiger charge is -1.88. The molecule has 0 aromatic carbocycles. The highest BCUT2D eigenvalue weighted by Crippen LogP contribution is 2.09. The minimum atomic E-state index is -0.465. The number of hydrogen-bond acceptors (Lipinski definition) is 6. The molecule has 0 aliphatic rings. The van der Waals surface area contributed by atoms with Crippen LogP contribution in [0.25, 0.3) is 11.2 Å². The molecule has 0 aliphatic heterocycles. The van der Waals surface area contributed by atoms with Gasteiger partial charge in [-0.1, -0.05) is 0 Å². The smallest absolute Gasteiger partial charge is 0.278 e. The van der Waals surface area contributed by atoms with Crippen molar-refractivity contribution in [2.75, 3.05) is 5.73 Å². The van der Waals surface area contributed by atoms with Crippen LogP contribution >= 0.6 is 0 Å². The molecule has 0 amide bonds. The van der Waals surface area contributed by atoms with Crippen LogP contribution in [-0.4, -0.2) is 26.0 Å². The average molecular weight is 192 g/mol. The monoisotopic (exact) mass is 192 g/mol. The van der Waals surface area contributed by atoms with Gasteiger partial charge >= 0.3 is 0 Å². The fraction of sp³-hybridized carbons (Fsp3) is 0. The van der Waals surface area contributed by atoms with E-state index in [1.165, 1.54) is 6.08 Å². The predicted octanol–water partition coefficient (Wildman–Crippen LogP) is -0.804. The Kier molecular flexibility index (Phi) is 1.62. The second-order valence-corrected chi connectivity index (χ2v) is 2.41. The van der Waals surface area contributed by atoms with Crippen LogP contribution in [-0.2, 0) is 4.79 Å². The molecule has 0 saturated heterocycles. The van der Waals surface area contributed by atoms with Crippen molar-refractivity contribution in [1.82, 2.24) is 19.9 Å². The Labute approximate surface area is 75.9 Å². The summed E-state index contributed by atoms with van der Waals surface area (Å²) in [6, 6.07) is 0. The molecular formula is C6H4N6O2. The van der Waals surface area contributed by atoms with Crippen molar-refractivity contribution in [1.29, 1.82) is 0 Å². The van der Waals surface area contributed by atoms with Crippen molar-refractivity contribution in [2.24, 2.45) is 4.99 Å². The van der Waals surface area contributed by atoms with E-state index in [9.17, 15) is 9.59 Å². The number of nitrogens with zero attached hydrogens (tertiary/aromatic N) is 3. The van der Waals surface area contributed by atoms with E-state index in [0.717, 1.165) is 0 Å². The van der Waals surface area contributed by atoms with Gasteiger partial charge in [0.05, 0.1) is 0 Å². The number of nitrogen functional groups attached to an aromatic ring is 1. The number of aromatic amines is 2. The van der Waals surface area contributed by atoms with Gasteiger partial charge in [0.25, 0.3) is 5.56 Å². The highest BCUT2D eigenvalue weighted by molar-refractivity contribution is 5.72. The first-order valence-corrected chi connectivity index (χ1v) is 3.54. The van der Waals surface area contributed by atoms with Crippen LogP contribution in [0.5, 0.6) is 0 Å². The molecule has 0 unspecified atom stereocenters. The average Bonchev–Trinajstić information content (AvgIpc) is 2.48. The van der Waals surface area contributed by atoms with Gasteiger partial charge in [-0.25, -0.2) is 4.79 Å². The summed E-state index contributed by atoms with van der Waals surface area (Å²) in [5.74, 6) is -0.0748. The third-order valence-corrected chi connectivity index (χ3v) is 1.52. The molecule has 2 rings (SSSR count). The summed E-state index contributed by atoms with van der Waals surface area (Å²) in [6.45, 7) is 0. The zero-order valence-corrected chi connectivity index (χ0v) is 6.74. The standard InChI is InChI=1S/C6H4N6O2/c7-5-10-3-2(4(14)12-5)9-6(11-3)8-1-13/h(H4,7,9,10,11,12,14). The topological polar surface area (TPSA) is 130 Å². The summed E-state index contributed by atoms with van der Waals surface area (Å²) in [6.07, 6.45) is 1.29. The first-order valence-electron chi connectivity index (χ1n) is 3.54. The highest BCUT2D eigenvalue weighted by Gasteiger charge is 2.07. The lowest BCUT2D eigenvalue weighted by atomic mass is 10.5. The van der Waals surface area contributed by atoms with Gasteiger partial charge in [0.2, 0.25) is 18.0 Å². The maximum absolute atomic E-state index is 11.2. The maximum Gasteiger partial charge on any atom is 0.278 e. The van der Waals surface area contributed by atoms with Gasteiger partial charge in [0, 0.05) is 0 Å². The zero-order chi connectivity index (χ0) is 10.1. The van der Waals surface area contributed by atoms with E-state index in [1.54, 1.807) is 0 Å². The number of anilines is 1. The number of nitrogens with two attached hydrogens (primary N) is 1. The fourth-order valence-corrected chi connectivity index (χ4v) is 1.01. The van der Waals surface area contributed by atoms with Crippen LogP contribution in [0.1, 0.15) is 0 Å². The van der Waals surface area contributed by atoms with Crippen LogP contribution in [0.2, 0.25) is 0 Å². The largest absolute Gasteiger partial charge is 0.369 e. The van der Waals surface area contributed by atoms with Crippen molar-refractivity contribution in [3.63, 3.8) is 0 Å². The van der Waals surface area contributed by atoms with E-state index in [-0.39, 0.29) is 23.1 Å². The Hall–Kier alpha value is -2.47. The van der Waals surface area contributed by atoms with E-state index in [2.05, 4.69) is 24.9 Å². The molecule has 0 fully saturated rings. The van der Waals surface area contributed by atoms with Crippen molar-refractivity contribution in [3.05, 3.63) is 10.4 Å². The van der Waals surface area contributed by atoms with E-state index >= 15 is 0 Å². The van der Waals surface area contributed by atoms with Crippen molar-refractivity contribution in [2.45, 2.75) is 0 Å². The molecule has 0 saturated carbocycles. The van der Waals surface area contributed by atoms with E-state index < -0.39 is 5.56 Å². The quantitative estimate of drug-likeness (QED) is 0.402. The number of rotatable bonds is 1. The van der Waals surface area contributed by atoms with E-state index in [1.807, 2.05) is 0 Å². The molecule has 0 radical (unpaired) electrons. The molecular weight excluding hydrogens is 188 g/mol. The first kappa shape index (κ1) is 8.14. The van der Waals surface area contributed by atoms with Gasteiger partial charge in [-0.05, 0) is 0 Å². The third kappa shape index (κ3) is 1.15. The number of isocyanates is 1. The number of aliphatic imine (C=N–C) groups is 1. The molecule has 70 valence electrons. The van der Waals surface area contributed by atoms with Crippen LogP contribution in [0.4, 0.5) is 11.9 Å². The summed E-state index contributed by atoms with van der Waals surface area (Å²) >= 11 is 0. The van der Waals surface area contributed by atoms with Crippen LogP contribution in [0.15, 0.2) is 9.79 Å². The minimum absolute atomic E-state index is 0.0291. The molecule has 2 aromatic heterocycles. The molecule has 4 N–H and O–H groups in total. The number of fused-ring (bicyclic) bond motifs is 1. The van der Waals surface area contributed by atoms with Crippen molar-refractivity contribution in [3.8, 4) is 0 Å². The Bertz CT molecular complexity index is 590. The van der Waals surface area contributed by atoms with Crippen LogP contribution in [0.3, 0.4) is 0 Å². The second kappa shape index (κ2) is 2.79. The number of imidazole rings is 1. The predicted molar refractivity (Wildman–Crippen MR) is 46.7 cm³/mol. The Balaban J connectivity index is 2.83. The highest BCUT2D eigenvalue weighted by atomic mass is 16.1. The molecule has 8 nitrogen and oxygen atoms in total. The lowest BCUT2D eigenvalue weighted by Crippen LogP contribution is -2.10. The van der Waals surface area contributed by atoms with Gasteiger partial charge in [-0.15, -0.1) is 4.99 Å². The van der Waals surface area contributed by atoms with Gasteiger partial charge in [-0.3, -0.25) is 9.78 Å². The van der Waals surface area contributed by atoms with Gasteiger partial charge < -0.3 is 10.7 Å². The summed E-state index contributed by atoms with van der Waals surface area (Å²) in [4.78, 5) is 36.6. The van der Waals surface area contributed by atoms with Crippen molar-refractivity contribution < 1.29 is 4.79 Å². The molecule has 2 heterocycles. The second-order valence-electron chi connectivity index (χ2n) is 2.41. The van der Waals surface area contributed by atoms with Gasteiger partial charge in [-0.2, -0.15) is 9.97 Å². The number of H-pyrrole nitrogens is 2. The van der Waals surface area contributed by atoms with Gasteiger partial charge in [0.1, 0.15) is 0 Å². The summed E-state index contributed by atoms with van der Waals surface area (Å²) in [7, 11) is 0. The SMILES string of the molecule is Nc1nc2nc(N=C=O)[nH]c2c(=O)[nH]1. The Morgan fingerprint density at radius 2 is 2.14 bits per heavy atom. The molecule has 0 spiro atoms. The molecule has 0 aliphatic carbocycles. The maximum atomic E-state index is 11.2.